The van der Waals surface area contributed by atoms with Gasteiger partial charge in [-0.3, -0.25) is 0 Å². The number of anilines is 1. The van der Waals surface area contributed by atoms with Crippen molar-refractivity contribution in [1.82, 2.24) is 4.90 Å². The van der Waals surface area contributed by atoms with Crippen molar-refractivity contribution in [3.05, 3.63) is 29.8 Å². The minimum absolute atomic E-state index is 0.765. The lowest BCUT2D eigenvalue weighted by Crippen LogP contribution is -2.46. The quantitative estimate of drug-likeness (QED) is 0.640. The Hall–Kier alpha value is -1.53. The van der Waals surface area contributed by atoms with Crippen LogP contribution in [-0.2, 0) is 0 Å². The summed E-state index contributed by atoms with van der Waals surface area (Å²) in [5.74, 6) is 0. The largest absolute Gasteiger partial charge is 0.370 e. The second-order valence-electron chi connectivity index (χ2n) is 5.94. The molecule has 0 saturated carbocycles. The fraction of sp³-hybridized carbons (Fsp3) is 0.696. The number of nitriles is 1. The first-order chi connectivity index (χ1) is 12.9. The zero-order chi connectivity index (χ0) is 19.8. The molecular weight excluding hydrogens is 318 g/mol. The van der Waals surface area contributed by atoms with Crippen molar-refractivity contribution in [2.75, 3.05) is 31.1 Å². The Labute approximate surface area is 163 Å². The average Bonchev–Trinajstić information content (AvgIpc) is 2.78. The Bertz CT molecular complexity index is 478. The Kier molecular flexibility index (Phi) is 14.8. The third-order valence-corrected chi connectivity index (χ3v) is 4.74. The van der Waals surface area contributed by atoms with E-state index in [2.05, 4.69) is 21.9 Å². The lowest BCUT2D eigenvalue weighted by molar-refractivity contribution is 0.141. The van der Waals surface area contributed by atoms with Gasteiger partial charge < -0.3 is 9.80 Å². The normalized spacial score (nSPS) is 17.3. The highest BCUT2D eigenvalue weighted by atomic mass is 15.2. The molecule has 0 radical (unpaired) electrons. The molecule has 2 saturated heterocycles. The first-order valence-corrected chi connectivity index (χ1v) is 10.9. The van der Waals surface area contributed by atoms with Crippen molar-refractivity contribution in [1.29, 1.82) is 5.26 Å². The third-order valence-electron chi connectivity index (χ3n) is 4.74. The van der Waals surface area contributed by atoms with Gasteiger partial charge in [-0.05, 0) is 50.9 Å². The molecule has 3 heteroatoms. The molecule has 0 unspecified atom stereocenters. The summed E-state index contributed by atoms with van der Waals surface area (Å²) < 4.78 is 0. The molecular formula is C23H41N3. The predicted molar refractivity (Wildman–Crippen MR) is 116 cm³/mol. The third kappa shape index (κ3) is 7.38. The van der Waals surface area contributed by atoms with E-state index in [1.54, 1.807) is 0 Å². The molecule has 3 nitrogen and oxygen atoms in total. The van der Waals surface area contributed by atoms with Crippen LogP contribution in [0.1, 0.15) is 79.2 Å². The van der Waals surface area contributed by atoms with Crippen LogP contribution in [0.15, 0.2) is 24.3 Å². The summed E-state index contributed by atoms with van der Waals surface area (Å²) in [5, 5.41) is 9.22. The van der Waals surface area contributed by atoms with Crippen LogP contribution in [0.4, 0.5) is 5.69 Å². The van der Waals surface area contributed by atoms with E-state index in [1.165, 1.54) is 45.2 Å². The summed E-state index contributed by atoms with van der Waals surface area (Å²) >= 11 is 0. The molecule has 0 atom stereocenters. The molecule has 3 rings (SSSR count). The van der Waals surface area contributed by atoms with Crippen molar-refractivity contribution >= 4 is 5.69 Å². The van der Waals surface area contributed by atoms with Crippen molar-refractivity contribution < 1.29 is 0 Å². The van der Waals surface area contributed by atoms with Gasteiger partial charge in [0.25, 0.3) is 0 Å². The minimum Gasteiger partial charge on any atom is -0.370 e. The van der Waals surface area contributed by atoms with E-state index in [9.17, 15) is 5.26 Å². The summed E-state index contributed by atoms with van der Waals surface area (Å²) in [7, 11) is 0. The van der Waals surface area contributed by atoms with Crippen LogP contribution in [0.5, 0.6) is 0 Å². The summed E-state index contributed by atoms with van der Waals surface area (Å²) in [6.45, 7) is 16.7. The lowest BCUT2D eigenvalue weighted by atomic mass is 9.99. The Morgan fingerprint density at radius 2 is 1.35 bits per heavy atom. The molecule has 2 aliphatic rings. The zero-order valence-electron chi connectivity index (χ0n) is 18.1. The molecule has 1 aromatic rings. The van der Waals surface area contributed by atoms with Gasteiger partial charge in [-0.1, -0.05) is 60.1 Å². The van der Waals surface area contributed by atoms with E-state index in [0.29, 0.717) is 0 Å². The summed E-state index contributed by atoms with van der Waals surface area (Å²) in [6.07, 6.45) is 6.62. The number of rotatable bonds is 2. The summed E-state index contributed by atoms with van der Waals surface area (Å²) in [6, 6.07) is 11.1. The van der Waals surface area contributed by atoms with Crippen LogP contribution in [0.3, 0.4) is 0 Å². The number of hydrogen-bond donors (Lipinski definition) is 0. The van der Waals surface area contributed by atoms with Gasteiger partial charge in [-0.25, -0.2) is 0 Å². The molecule has 2 aliphatic heterocycles. The van der Waals surface area contributed by atoms with Gasteiger partial charge in [-0.15, -0.1) is 0 Å². The van der Waals surface area contributed by atoms with Crippen LogP contribution in [0.2, 0.25) is 0 Å². The second kappa shape index (κ2) is 15.7. The molecule has 0 N–H and O–H groups in total. The number of para-hydroxylation sites is 1. The van der Waals surface area contributed by atoms with Gasteiger partial charge in [0.15, 0.2) is 0 Å². The lowest BCUT2D eigenvalue weighted by Gasteiger charge is -2.41. The van der Waals surface area contributed by atoms with E-state index < -0.39 is 0 Å². The van der Waals surface area contributed by atoms with Crippen molar-refractivity contribution in [3.63, 3.8) is 0 Å². The van der Waals surface area contributed by atoms with Crippen molar-refractivity contribution in [2.45, 2.75) is 79.7 Å². The maximum atomic E-state index is 9.22. The van der Waals surface area contributed by atoms with Crippen LogP contribution < -0.4 is 4.90 Å². The minimum atomic E-state index is 0.765. The first-order valence-electron chi connectivity index (χ1n) is 10.9. The molecule has 2 heterocycles. The van der Waals surface area contributed by atoms with Gasteiger partial charge >= 0.3 is 0 Å². The van der Waals surface area contributed by atoms with E-state index in [0.717, 1.165) is 30.4 Å². The zero-order valence-corrected chi connectivity index (χ0v) is 18.1. The molecule has 26 heavy (non-hydrogen) atoms. The number of nitrogens with zero attached hydrogens (tertiary/aromatic N) is 3. The molecule has 1 aromatic carbocycles. The fourth-order valence-corrected chi connectivity index (χ4v) is 3.60. The predicted octanol–water partition coefficient (Wildman–Crippen LogP) is 6.09. The van der Waals surface area contributed by atoms with E-state index >= 15 is 0 Å². The van der Waals surface area contributed by atoms with Crippen molar-refractivity contribution in [3.8, 4) is 6.07 Å². The number of likely N-dealkylation sites (tertiary alicyclic amines) is 1. The van der Waals surface area contributed by atoms with Crippen LogP contribution in [0, 0.1) is 11.3 Å². The number of piperidine rings is 2. The van der Waals surface area contributed by atoms with Crippen LogP contribution >= 0.6 is 0 Å². The SMILES string of the molecule is CC.CC.CC.N#Cc1ccccc1N1CCC(N2CCCCC2)CC1. The average molecular weight is 360 g/mol. The highest BCUT2D eigenvalue weighted by Gasteiger charge is 2.26. The van der Waals surface area contributed by atoms with Gasteiger partial charge in [0, 0.05) is 19.1 Å². The topological polar surface area (TPSA) is 30.3 Å². The molecule has 2 fully saturated rings. The maximum Gasteiger partial charge on any atom is 0.101 e. The molecule has 148 valence electrons. The van der Waals surface area contributed by atoms with E-state index in [1.807, 2.05) is 59.7 Å². The standard InChI is InChI=1S/C17H23N3.3C2H6/c18-14-15-6-2-3-7-17(15)20-12-8-16(9-13-20)19-10-4-1-5-11-19;3*1-2/h2-3,6-7,16H,1,4-5,8-13H2;3*1-2H3. The molecule has 0 aliphatic carbocycles. The van der Waals surface area contributed by atoms with Crippen molar-refractivity contribution in [2.24, 2.45) is 0 Å². The summed E-state index contributed by atoms with van der Waals surface area (Å²) in [4.78, 5) is 5.08. The molecule has 0 amide bonds. The van der Waals surface area contributed by atoms with Gasteiger partial charge in [0.05, 0.1) is 11.3 Å². The van der Waals surface area contributed by atoms with Gasteiger partial charge in [0.2, 0.25) is 0 Å². The summed E-state index contributed by atoms with van der Waals surface area (Å²) in [5.41, 5.74) is 1.93. The van der Waals surface area contributed by atoms with Crippen LogP contribution in [-0.4, -0.2) is 37.1 Å². The molecule has 0 spiro atoms. The number of benzene rings is 1. The Morgan fingerprint density at radius 3 is 1.88 bits per heavy atom. The highest BCUT2D eigenvalue weighted by molar-refractivity contribution is 5.59. The first kappa shape index (κ1) is 24.5. The molecule has 0 bridgehead atoms. The van der Waals surface area contributed by atoms with E-state index in [4.69, 9.17) is 0 Å². The van der Waals surface area contributed by atoms with Gasteiger partial charge in [-0.2, -0.15) is 5.26 Å². The monoisotopic (exact) mass is 359 g/mol. The second-order valence-corrected chi connectivity index (χ2v) is 5.94. The fourth-order valence-electron chi connectivity index (χ4n) is 3.60. The Morgan fingerprint density at radius 1 is 0.808 bits per heavy atom. The Balaban J connectivity index is 0.000000948. The smallest absolute Gasteiger partial charge is 0.101 e. The van der Waals surface area contributed by atoms with Gasteiger partial charge in [0.1, 0.15) is 6.07 Å². The maximum absolute atomic E-state index is 9.22. The number of hydrogen-bond acceptors (Lipinski definition) is 3. The molecule has 0 aromatic heterocycles. The van der Waals surface area contributed by atoms with E-state index in [-0.39, 0.29) is 0 Å². The highest BCUT2D eigenvalue weighted by Crippen LogP contribution is 2.26. The van der Waals surface area contributed by atoms with Crippen LogP contribution in [0.25, 0.3) is 0 Å².